The van der Waals surface area contributed by atoms with Gasteiger partial charge in [-0.3, -0.25) is 14.9 Å². The number of hydrogen-bond donors (Lipinski definition) is 2. The number of anilines is 1. The molecule has 1 amide bonds. The van der Waals surface area contributed by atoms with Gasteiger partial charge in [-0.25, -0.2) is 4.39 Å². The fourth-order valence-electron chi connectivity index (χ4n) is 1.26. The molecule has 1 heterocycles. The summed E-state index contributed by atoms with van der Waals surface area (Å²) in [6, 6.07) is 2.76. The van der Waals surface area contributed by atoms with E-state index in [9.17, 15) is 19.3 Å². The largest absolute Gasteiger partial charge is 0.320 e. The third-order valence-corrected chi connectivity index (χ3v) is 2.00. The maximum atomic E-state index is 13.1. The highest BCUT2D eigenvalue weighted by atomic mass is 19.1. The van der Waals surface area contributed by atoms with Crippen LogP contribution in [0.4, 0.5) is 15.8 Å². The second kappa shape index (κ2) is 4.57. The van der Waals surface area contributed by atoms with Crippen LogP contribution in [0.2, 0.25) is 0 Å². The Morgan fingerprint density at radius 1 is 1.44 bits per heavy atom. The molecule has 1 aromatic heterocycles. The van der Waals surface area contributed by atoms with Crippen molar-refractivity contribution in [3.8, 4) is 0 Å². The molecule has 0 aliphatic carbocycles. The van der Waals surface area contributed by atoms with E-state index in [-0.39, 0.29) is 11.4 Å². The fourth-order valence-corrected chi connectivity index (χ4v) is 1.26. The number of H-pyrrole nitrogens is 1. The number of nitro groups is 1. The van der Waals surface area contributed by atoms with Crippen LogP contribution in [0.25, 0.3) is 0 Å². The van der Waals surface area contributed by atoms with Crippen molar-refractivity contribution in [1.29, 1.82) is 0 Å². The summed E-state index contributed by atoms with van der Waals surface area (Å²) < 4.78 is 13.1. The zero-order valence-corrected chi connectivity index (χ0v) is 8.75. The van der Waals surface area contributed by atoms with Crippen molar-refractivity contribution in [2.45, 2.75) is 0 Å². The average molecular weight is 251 g/mol. The Hall–Kier alpha value is -2.84. The van der Waals surface area contributed by atoms with Crippen molar-refractivity contribution in [3.63, 3.8) is 0 Å². The molecule has 2 aromatic rings. The van der Waals surface area contributed by atoms with E-state index in [4.69, 9.17) is 0 Å². The van der Waals surface area contributed by atoms with Crippen molar-refractivity contribution >= 4 is 17.3 Å². The highest BCUT2D eigenvalue weighted by molar-refractivity contribution is 6.02. The van der Waals surface area contributed by atoms with Crippen LogP contribution in [0, 0.1) is 15.9 Å². The second-order valence-corrected chi connectivity index (χ2v) is 3.26. The van der Waals surface area contributed by atoms with Gasteiger partial charge in [0.15, 0.2) is 5.69 Å². The molecule has 0 saturated heterocycles. The lowest BCUT2D eigenvalue weighted by molar-refractivity contribution is -0.385. The molecule has 0 saturated carbocycles. The van der Waals surface area contributed by atoms with Crippen molar-refractivity contribution in [3.05, 3.63) is 46.0 Å². The third-order valence-electron chi connectivity index (χ3n) is 2.00. The highest BCUT2D eigenvalue weighted by Crippen LogP contribution is 2.20. The zero-order valence-electron chi connectivity index (χ0n) is 8.75. The summed E-state index contributed by atoms with van der Waals surface area (Å²) in [5.41, 5.74) is -0.498. The van der Waals surface area contributed by atoms with Crippen LogP contribution >= 0.6 is 0 Å². The van der Waals surface area contributed by atoms with Gasteiger partial charge in [0.25, 0.3) is 11.6 Å². The van der Waals surface area contributed by atoms with Gasteiger partial charge in [0.05, 0.1) is 22.9 Å². The molecule has 2 rings (SSSR count). The number of aromatic amines is 1. The number of carbonyl (C=O) groups excluding carboxylic acids is 1. The van der Waals surface area contributed by atoms with Crippen LogP contribution < -0.4 is 5.32 Å². The van der Waals surface area contributed by atoms with Crippen LogP contribution in [0.1, 0.15) is 10.5 Å². The lowest BCUT2D eigenvalue weighted by atomic mass is 10.2. The molecule has 8 nitrogen and oxygen atoms in total. The quantitative estimate of drug-likeness (QED) is 0.626. The van der Waals surface area contributed by atoms with Crippen molar-refractivity contribution in [2.75, 3.05) is 5.32 Å². The molecule has 0 unspecified atom stereocenters. The van der Waals surface area contributed by atoms with Gasteiger partial charge >= 0.3 is 0 Å². The molecule has 2 N–H and O–H groups in total. The van der Waals surface area contributed by atoms with E-state index < -0.39 is 22.3 Å². The summed E-state index contributed by atoms with van der Waals surface area (Å²) in [7, 11) is 0. The number of nitro benzene ring substituents is 1. The number of rotatable bonds is 3. The Kier molecular flexibility index (Phi) is 2.96. The smallest absolute Gasteiger partial charge is 0.277 e. The van der Waals surface area contributed by atoms with E-state index in [0.717, 1.165) is 18.2 Å². The molecule has 0 aliphatic heterocycles. The summed E-state index contributed by atoms with van der Waals surface area (Å²) >= 11 is 0. The summed E-state index contributed by atoms with van der Waals surface area (Å²) in [5.74, 6) is -1.47. The van der Waals surface area contributed by atoms with Gasteiger partial charge in [-0.15, -0.1) is 0 Å². The predicted octanol–water partition coefficient (Wildman–Crippen LogP) is 1.10. The number of halogens is 1. The lowest BCUT2D eigenvalue weighted by Gasteiger charge is -2.02. The predicted molar refractivity (Wildman–Crippen MR) is 57.4 cm³/mol. The molecule has 92 valence electrons. The molecule has 9 heteroatoms. The fraction of sp³-hybridized carbons (Fsp3) is 0. The Bertz CT molecular complexity index is 598. The zero-order chi connectivity index (χ0) is 13.1. The molecule has 0 aliphatic rings. The number of amides is 1. The molecule has 18 heavy (non-hydrogen) atoms. The molecule has 0 bridgehead atoms. The minimum absolute atomic E-state index is 0.0121. The van der Waals surface area contributed by atoms with Crippen LogP contribution in [-0.2, 0) is 0 Å². The van der Waals surface area contributed by atoms with Crippen molar-refractivity contribution in [1.82, 2.24) is 15.4 Å². The van der Waals surface area contributed by atoms with E-state index in [1.165, 1.54) is 6.20 Å². The van der Waals surface area contributed by atoms with Crippen LogP contribution in [0.3, 0.4) is 0 Å². The molecule has 0 fully saturated rings. The number of benzene rings is 1. The average Bonchev–Trinajstić information content (AvgIpc) is 2.81. The number of hydrogen-bond acceptors (Lipinski definition) is 5. The molecular formula is C9H6FN5O3. The van der Waals surface area contributed by atoms with Gasteiger partial charge in [-0.2, -0.15) is 15.4 Å². The van der Waals surface area contributed by atoms with E-state index in [1.54, 1.807) is 0 Å². The van der Waals surface area contributed by atoms with Gasteiger partial charge in [-0.05, 0) is 6.07 Å². The van der Waals surface area contributed by atoms with Crippen LogP contribution in [0.15, 0.2) is 24.4 Å². The van der Waals surface area contributed by atoms with Gasteiger partial charge < -0.3 is 5.32 Å². The number of aromatic nitrogens is 3. The maximum Gasteiger partial charge on any atom is 0.277 e. The standard InChI is InChI=1S/C9H6FN5O3/c10-5-1-6(3-7(2-5)15(17)18)12-9(16)8-4-11-14-13-8/h1-4H,(H,12,16)(H,11,13,14). The number of non-ortho nitro benzene ring substituents is 1. The van der Waals surface area contributed by atoms with E-state index in [2.05, 4.69) is 20.7 Å². The maximum absolute atomic E-state index is 13.1. The van der Waals surface area contributed by atoms with Crippen molar-refractivity contribution in [2.24, 2.45) is 0 Å². The first-order valence-electron chi connectivity index (χ1n) is 4.68. The summed E-state index contributed by atoms with van der Waals surface area (Å²) in [4.78, 5) is 21.3. The summed E-state index contributed by atoms with van der Waals surface area (Å²) in [6.45, 7) is 0. The summed E-state index contributed by atoms with van der Waals surface area (Å²) in [5, 5.41) is 22.0. The topological polar surface area (TPSA) is 114 Å². The first-order chi connectivity index (χ1) is 8.56. The lowest BCUT2D eigenvalue weighted by Crippen LogP contribution is -2.12. The molecule has 0 atom stereocenters. The molecule has 1 aromatic carbocycles. The Labute approximate surface area is 99.0 Å². The van der Waals surface area contributed by atoms with Crippen LogP contribution in [-0.4, -0.2) is 26.2 Å². The molecule has 0 radical (unpaired) electrons. The van der Waals surface area contributed by atoms with Gasteiger partial charge in [-0.1, -0.05) is 0 Å². The minimum atomic E-state index is -0.820. The summed E-state index contributed by atoms with van der Waals surface area (Å²) in [6.07, 6.45) is 1.17. The highest BCUT2D eigenvalue weighted by Gasteiger charge is 2.13. The Morgan fingerprint density at radius 2 is 2.22 bits per heavy atom. The first kappa shape index (κ1) is 11.6. The van der Waals surface area contributed by atoms with E-state index in [0.29, 0.717) is 0 Å². The minimum Gasteiger partial charge on any atom is -0.320 e. The number of nitrogens with zero attached hydrogens (tertiary/aromatic N) is 3. The Morgan fingerprint density at radius 3 is 2.83 bits per heavy atom. The van der Waals surface area contributed by atoms with E-state index >= 15 is 0 Å². The van der Waals surface area contributed by atoms with Gasteiger partial charge in [0.1, 0.15) is 5.82 Å². The molecule has 0 spiro atoms. The number of nitrogens with one attached hydrogen (secondary N) is 2. The number of carbonyl (C=O) groups is 1. The van der Waals surface area contributed by atoms with Crippen LogP contribution in [0.5, 0.6) is 0 Å². The van der Waals surface area contributed by atoms with Gasteiger partial charge in [0.2, 0.25) is 0 Å². The first-order valence-corrected chi connectivity index (χ1v) is 4.68. The van der Waals surface area contributed by atoms with Gasteiger partial charge in [0, 0.05) is 6.07 Å². The normalized spacial score (nSPS) is 10.1. The van der Waals surface area contributed by atoms with E-state index in [1.807, 2.05) is 0 Å². The second-order valence-electron chi connectivity index (χ2n) is 3.26. The van der Waals surface area contributed by atoms with Crippen molar-refractivity contribution < 1.29 is 14.1 Å². The molecular weight excluding hydrogens is 245 g/mol. The monoisotopic (exact) mass is 251 g/mol. The third kappa shape index (κ3) is 2.45. The Balaban J connectivity index is 2.24. The SMILES string of the molecule is O=C(Nc1cc(F)cc([N+](=O)[O-])c1)c1cn[nH]n1.